The summed E-state index contributed by atoms with van der Waals surface area (Å²) < 4.78 is 0. The molecule has 3 rings (SSSR count). The van der Waals surface area contributed by atoms with Crippen LogP contribution in [0.3, 0.4) is 0 Å². The summed E-state index contributed by atoms with van der Waals surface area (Å²) >= 11 is 0. The third-order valence-corrected chi connectivity index (χ3v) is 3.34. The molecular formula is C14H14N2O. The molecule has 2 aromatic rings. The molecule has 1 aromatic heterocycles. The Bertz CT molecular complexity index is 585. The molecule has 1 unspecified atom stereocenters. The number of aromatic nitrogens is 1. The smallest absolute Gasteiger partial charge is 0.227 e. The van der Waals surface area contributed by atoms with Crippen LogP contribution in [-0.4, -0.2) is 17.4 Å². The van der Waals surface area contributed by atoms with Gasteiger partial charge in [-0.3, -0.25) is 4.79 Å². The largest absolute Gasteiger partial charge is 0.361 e. The Labute approximate surface area is 99.7 Å². The van der Waals surface area contributed by atoms with Crippen LogP contribution in [0.15, 0.2) is 43.1 Å². The maximum atomic E-state index is 11.9. The number of hydrogen-bond donors (Lipinski definition) is 1. The van der Waals surface area contributed by atoms with E-state index in [0.29, 0.717) is 6.42 Å². The van der Waals surface area contributed by atoms with Gasteiger partial charge in [-0.05, 0) is 24.3 Å². The van der Waals surface area contributed by atoms with Gasteiger partial charge < -0.3 is 9.88 Å². The van der Waals surface area contributed by atoms with E-state index in [1.807, 2.05) is 35.4 Å². The fraction of sp³-hybridized carbons (Fsp3) is 0.214. The summed E-state index contributed by atoms with van der Waals surface area (Å²) in [4.78, 5) is 16.9. The summed E-state index contributed by atoms with van der Waals surface area (Å²) in [6.07, 6.45) is 4.36. The molecule has 0 aliphatic carbocycles. The molecule has 0 bridgehead atoms. The van der Waals surface area contributed by atoms with Crippen LogP contribution < -0.4 is 4.90 Å². The SMILES string of the molecule is C=CC1CC(=O)N(c2ccc3[nH]ccc3c2)C1. The second-order valence-corrected chi connectivity index (χ2v) is 4.45. The van der Waals surface area contributed by atoms with Gasteiger partial charge in [0.15, 0.2) is 0 Å². The molecule has 17 heavy (non-hydrogen) atoms. The van der Waals surface area contributed by atoms with Gasteiger partial charge in [-0.25, -0.2) is 0 Å². The first-order chi connectivity index (χ1) is 8.28. The van der Waals surface area contributed by atoms with E-state index >= 15 is 0 Å². The van der Waals surface area contributed by atoms with E-state index in [0.717, 1.165) is 23.1 Å². The number of hydrogen-bond acceptors (Lipinski definition) is 1. The number of carbonyl (C=O) groups is 1. The molecule has 1 aromatic carbocycles. The van der Waals surface area contributed by atoms with Gasteiger partial charge in [0.1, 0.15) is 0 Å². The first-order valence-corrected chi connectivity index (χ1v) is 5.78. The molecule has 1 amide bonds. The van der Waals surface area contributed by atoms with E-state index in [9.17, 15) is 4.79 Å². The summed E-state index contributed by atoms with van der Waals surface area (Å²) in [6.45, 7) is 4.51. The second-order valence-electron chi connectivity index (χ2n) is 4.45. The van der Waals surface area contributed by atoms with Gasteiger partial charge in [0.25, 0.3) is 0 Å². The molecular weight excluding hydrogens is 212 g/mol. The average molecular weight is 226 g/mol. The van der Waals surface area contributed by atoms with Crippen LogP contribution in [0.5, 0.6) is 0 Å². The molecule has 0 radical (unpaired) electrons. The Morgan fingerprint density at radius 3 is 3.06 bits per heavy atom. The molecule has 1 aliphatic rings. The third-order valence-electron chi connectivity index (χ3n) is 3.34. The fourth-order valence-corrected chi connectivity index (χ4v) is 2.35. The van der Waals surface area contributed by atoms with Crippen molar-refractivity contribution in [1.29, 1.82) is 0 Å². The normalized spacial score (nSPS) is 20.1. The van der Waals surface area contributed by atoms with Gasteiger partial charge in [-0.1, -0.05) is 6.08 Å². The van der Waals surface area contributed by atoms with Gasteiger partial charge in [-0.15, -0.1) is 6.58 Å². The lowest BCUT2D eigenvalue weighted by Crippen LogP contribution is -2.24. The zero-order chi connectivity index (χ0) is 11.8. The highest BCUT2D eigenvalue weighted by Crippen LogP contribution is 2.28. The Morgan fingerprint density at radius 1 is 1.41 bits per heavy atom. The lowest BCUT2D eigenvalue weighted by molar-refractivity contribution is -0.117. The maximum Gasteiger partial charge on any atom is 0.227 e. The lowest BCUT2D eigenvalue weighted by Gasteiger charge is -2.16. The number of benzene rings is 1. The lowest BCUT2D eigenvalue weighted by atomic mass is 10.1. The van der Waals surface area contributed by atoms with E-state index in [-0.39, 0.29) is 11.8 Å². The van der Waals surface area contributed by atoms with Crippen molar-refractivity contribution >= 4 is 22.5 Å². The quantitative estimate of drug-likeness (QED) is 0.785. The Balaban J connectivity index is 1.98. The maximum absolute atomic E-state index is 11.9. The van der Waals surface area contributed by atoms with Crippen LogP contribution in [0.4, 0.5) is 5.69 Å². The van der Waals surface area contributed by atoms with E-state index < -0.39 is 0 Å². The molecule has 0 spiro atoms. The number of anilines is 1. The summed E-state index contributed by atoms with van der Waals surface area (Å²) in [5.41, 5.74) is 2.08. The molecule has 1 aliphatic heterocycles. The zero-order valence-corrected chi connectivity index (χ0v) is 9.52. The standard InChI is InChI=1S/C14H14N2O/c1-2-10-7-14(17)16(9-10)12-3-4-13-11(8-12)5-6-15-13/h2-6,8,10,15H,1,7,9H2. The summed E-state index contributed by atoms with van der Waals surface area (Å²) in [6, 6.07) is 8.07. The van der Waals surface area contributed by atoms with Crippen LogP contribution in [0.25, 0.3) is 10.9 Å². The highest BCUT2D eigenvalue weighted by atomic mass is 16.2. The third kappa shape index (κ3) is 1.64. The molecule has 3 heteroatoms. The van der Waals surface area contributed by atoms with Crippen molar-refractivity contribution in [2.45, 2.75) is 6.42 Å². The van der Waals surface area contributed by atoms with Crippen molar-refractivity contribution in [2.24, 2.45) is 5.92 Å². The highest BCUT2D eigenvalue weighted by Gasteiger charge is 2.28. The number of aromatic amines is 1. The van der Waals surface area contributed by atoms with Crippen LogP contribution in [0, 0.1) is 5.92 Å². The molecule has 3 nitrogen and oxygen atoms in total. The minimum Gasteiger partial charge on any atom is -0.361 e. The van der Waals surface area contributed by atoms with Gasteiger partial charge in [0, 0.05) is 41.7 Å². The monoisotopic (exact) mass is 226 g/mol. The Kier molecular flexibility index (Phi) is 2.25. The van der Waals surface area contributed by atoms with Crippen molar-refractivity contribution < 1.29 is 4.79 Å². The number of fused-ring (bicyclic) bond motifs is 1. The highest BCUT2D eigenvalue weighted by molar-refractivity contribution is 5.98. The van der Waals surface area contributed by atoms with Crippen LogP contribution in [0.2, 0.25) is 0 Å². The van der Waals surface area contributed by atoms with E-state index in [2.05, 4.69) is 17.6 Å². The first-order valence-electron chi connectivity index (χ1n) is 5.78. The molecule has 2 heterocycles. The van der Waals surface area contributed by atoms with Crippen molar-refractivity contribution in [2.75, 3.05) is 11.4 Å². The van der Waals surface area contributed by atoms with Gasteiger partial charge >= 0.3 is 0 Å². The predicted molar refractivity (Wildman–Crippen MR) is 69.0 cm³/mol. The topological polar surface area (TPSA) is 36.1 Å². The zero-order valence-electron chi connectivity index (χ0n) is 9.52. The molecule has 86 valence electrons. The average Bonchev–Trinajstić information content (AvgIpc) is 2.93. The molecule has 0 saturated carbocycles. The van der Waals surface area contributed by atoms with Crippen molar-refractivity contribution in [3.05, 3.63) is 43.1 Å². The number of H-pyrrole nitrogens is 1. The Hall–Kier alpha value is -2.03. The number of nitrogens with one attached hydrogen (secondary N) is 1. The minimum absolute atomic E-state index is 0.185. The van der Waals surface area contributed by atoms with Crippen molar-refractivity contribution in [1.82, 2.24) is 4.98 Å². The van der Waals surface area contributed by atoms with Crippen molar-refractivity contribution in [3.63, 3.8) is 0 Å². The fourth-order valence-electron chi connectivity index (χ4n) is 2.35. The number of carbonyl (C=O) groups excluding carboxylic acids is 1. The first kappa shape index (κ1) is 10.1. The van der Waals surface area contributed by atoms with Crippen LogP contribution in [0.1, 0.15) is 6.42 Å². The summed E-state index contributed by atoms with van der Waals surface area (Å²) in [5.74, 6) is 0.467. The van der Waals surface area contributed by atoms with E-state index in [4.69, 9.17) is 0 Å². The summed E-state index contributed by atoms with van der Waals surface area (Å²) in [5, 5.41) is 1.14. The summed E-state index contributed by atoms with van der Waals surface area (Å²) in [7, 11) is 0. The van der Waals surface area contributed by atoms with Crippen molar-refractivity contribution in [3.8, 4) is 0 Å². The second kappa shape index (κ2) is 3.77. The number of amides is 1. The van der Waals surface area contributed by atoms with Gasteiger partial charge in [0.05, 0.1) is 0 Å². The predicted octanol–water partition coefficient (Wildman–Crippen LogP) is 2.71. The molecule has 1 N–H and O–H groups in total. The molecule has 1 atom stereocenters. The van der Waals surface area contributed by atoms with Gasteiger partial charge in [0.2, 0.25) is 5.91 Å². The van der Waals surface area contributed by atoms with E-state index in [1.165, 1.54) is 0 Å². The number of rotatable bonds is 2. The Morgan fingerprint density at radius 2 is 2.29 bits per heavy atom. The van der Waals surface area contributed by atoms with Crippen LogP contribution in [-0.2, 0) is 4.79 Å². The molecule has 1 fully saturated rings. The molecule has 1 saturated heterocycles. The van der Waals surface area contributed by atoms with Gasteiger partial charge in [-0.2, -0.15) is 0 Å². The van der Waals surface area contributed by atoms with E-state index in [1.54, 1.807) is 0 Å². The minimum atomic E-state index is 0.185. The number of nitrogens with zero attached hydrogens (tertiary/aromatic N) is 1. The van der Waals surface area contributed by atoms with Crippen LogP contribution >= 0.6 is 0 Å².